The minimum absolute atomic E-state index is 0.0769. The quantitative estimate of drug-likeness (QED) is 0.896. The van der Waals surface area contributed by atoms with Crippen LogP contribution in [0.5, 0.6) is 0 Å². The summed E-state index contributed by atoms with van der Waals surface area (Å²) in [7, 11) is 0. The Labute approximate surface area is 129 Å². The predicted octanol–water partition coefficient (Wildman–Crippen LogP) is 3.20. The van der Waals surface area contributed by atoms with Crippen molar-refractivity contribution in [3.05, 3.63) is 33.8 Å². The number of aliphatic hydroxyl groups is 1. The molecule has 2 rings (SSSR count). The number of hydrogen-bond donors (Lipinski definition) is 2. The number of hydrogen-bond acceptors (Lipinski definition) is 2. The Hall–Kier alpha value is -0.770. The highest BCUT2D eigenvalue weighted by molar-refractivity contribution is 6.35. The second-order valence-corrected chi connectivity index (χ2v) is 6.17. The summed E-state index contributed by atoms with van der Waals surface area (Å²) in [6.45, 7) is 0.533. The highest BCUT2D eigenvalue weighted by Crippen LogP contribution is 2.24. The fraction of sp³-hybridized carbons (Fsp3) is 0.533. The first-order valence-corrected chi connectivity index (χ1v) is 7.70. The van der Waals surface area contributed by atoms with E-state index in [4.69, 9.17) is 23.2 Å². The third-order valence-corrected chi connectivity index (χ3v) is 4.38. The van der Waals surface area contributed by atoms with Crippen LogP contribution in [0.25, 0.3) is 0 Å². The molecule has 110 valence electrons. The van der Waals surface area contributed by atoms with Crippen molar-refractivity contribution in [3.8, 4) is 0 Å². The Morgan fingerprint density at radius 3 is 2.75 bits per heavy atom. The molecule has 3 nitrogen and oxygen atoms in total. The maximum atomic E-state index is 11.9. The predicted molar refractivity (Wildman–Crippen MR) is 81.1 cm³/mol. The molecule has 1 amide bonds. The molecule has 0 bridgehead atoms. The van der Waals surface area contributed by atoms with E-state index in [0.717, 1.165) is 31.2 Å². The van der Waals surface area contributed by atoms with Gasteiger partial charge in [0.05, 0.1) is 12.5 Å². The normalized spacial score (nSPS) is 22.6. The van der Waals surface area contributed by atoms with Crippen LogP contribution in [0.4, 0.5) is 0 Å². The van der Waals surface area contributed by atoms with Gasteiger partial charge in [-0.05, 0) is 30.5 Å². The molecule has 20 heavy (non-hydrogen) atoms. The van der Waals surface area contributed by atoms with E-state index in [2.05, 4.69) is 5.32 Å². The Morgan fingerprint density at radius 2 is 2.05 bits per heavy atom. The van der Waals surface area contributed by atoms with E-state index < -0.39 is 0 Å². The molecule has 0 heterocycles. The molecule has 0 aromatic heterocycles. The van der Waals surface area contributed by atoms with Crippen molar-refractivity contribution in [2.45, 2.75) is 38.2 Å². The van der Waals surface area contributed by atoms with Gasteiger partial charge < -0.3 is 10.4 Å². The number of carbonyl (C=O) groups excluding carboxylic acids is 1. The summed E-state index contributed by atoms with van der Waals surface area (Å²) in [4.78, 5) is 11.9. The van der Waals surface area contributed by atoms with Gasteiger partial charge in [-0.2, -0.15) is 0 Å². The van der Waals surface area contributed by atoms with E-state index in [1.807, 2.05) is 0 Å². The lowest BCUT2D eigenvalue weighted by molar-refractivity contribution is -0.120. The summed E-state index contributed by atoms with van der Waals surface area (Å²) in [5.74, 6) is 0.0976. The van der Waals surface area contributed by atoms with Crippen molar-refractivity contribution in [1.82, 2.24) is 5.32 Å². The molecular formula is C15H19Cl2NO2. The average molecular weight is 316 g/mol. The van der Waals surface area contributed by atoms with Crippen molar-refractivity contribution in [1.29, 1.82) is 0 Å². The summed E-state index contributed by atoms with van der Waals surface area (Å²) >= 11 is 11.9. The summed E-state index contributed by atoms with van der Waals surface area (Å²) in [5.41, 5.74) is 0.762. The monoisotopic (exact) mass is 315 g/mol. The van der Waals surface area contributed by atoms with Gasteiger partial charge in [0.15, 0.2) is 0 Å². The molecule has 1 saturated carbocycles. The lowest BCUT2D eigenvalue weighted by Gasteiger charge is -2.27. The van der Waals surface area contributed by atoms with Gasteiger partial charge in [-0.1, -0.05) is 42.1 Å². The third-order valence-electron chi connectivity index (χ3n) is 3.80. The van der Waals surface area contributed by atoms with Crippen LogP contribution in [-0.2, 0) is 11.2 Å². The molecule has 1 fully saturated rings. The number of halogens is 2. The van der Waals surface area contributed by atoms with Gasteiger partial charge in [0, 0.05) is 22.5 Å². The Balaban J connectivity index is 1.83. The lowest BCUT2D eigenvalue weighted by Crippen LogP contribution is -2.37. The fourth-order valence-corrected chi connectivity index (χ4v) is 3.05. The molecule has 2 N–H and O–H groups in total. The van der Waals surface area contributed by atoms with Gasteiger partial charge in [0.2, 0.25) is 5.91 Å². The second-order valence-electron chi connectivity index (χ2n) is 5.33. The molecule has 1 aromatic rings. The van der Waals surface area contributed by atoms with Gasteiger partial charge in [-0.25, -0.2) is 0 Å². The SMILES string of the molecule is O=C(Cc1ccc(Cl)cc1Cl)NCC1CCCCC1O. The number of carbonyl (C=O) groups is 1. The summed E-state index contributed by atoms with van der Waals surface area (Å²) in [6, 6.07) is 5.12. The van der Waals surface area contributed by atoms with Crippen molar-refractivity contribution < 1.29 is 9.90 Å². The second kappa shape index (κ2) is 7.30. The zero-order valence-corrected chi connectivity index (χ0v) is 12.8. The van der Waals surface area contributed by atoms with Crippen LogP contribution >= 0.6 is 23.2 Å². The van der Waals surface area contributed by atoms with Crippen LogP contribution < -0.4 is 5.32 Å². The van der Waals surface area contributed by atoms with E-state index in [0.29, 0.717) is 16.6 Å². The van der Waals surface area contributed by atoms with Crippen LogP contribution in [0.3, 0.4) is 0 Å². The maximum Gasteiger partial charge on any atom is 0.224 e. The van der Waals surface area contributed by atoms with Crippen LogP contribution in [-0.4, -0.2) is 23.7 Å². The first-order valence-electron chi connectivity index (χ1n) is 6.95. The summed E-state index contributed by atoms with van der Waals surface area (Å²) < 4.78 is 0. The molecule has 2 unspecified atom stereocenters. The van der Waals surface area contributed by atoms with Crippen molar-refractivity contribution in [2.24, 2.45) is 5.92 Å². The molecule has 0 spiro atoms. The van der Waals surface area contributed by atoms with Crippen molar-refractivity contribution >= 4 is 29.1 Å². The minimum atomic E-state index is -0.289. The third kappa shape index (κ3) is 4.37. The van der Waals surface area contributed by atoms with E-state index in [9.17, 15) is 9.90 Å². The summed E-state index contributed by atoms with van der Waals surface area (Å²) in [5, 5.41) is 13.8. The van der Waals surface area contributed by atoms with Crippen molar-refractivity contribution in [2.75, 3.05) is 6.54 Å². The van der Waals surface area contributed by atoms with E-state index in [-0.39, 0.29) is 24.3 Å². The van der Waals surface area contributed by atoms with Crippen LogP contribution in [0.1, 0.15) is 31.2 Å². The molecule has 1 aliphatic rings. The van der Waals surface area contributed by atoms with E-state index >= 15 is 0 Å². The smallest absolute Gasteiger partial charge is 0.224 e. The van der Waals surface area contributed by atoms with Gasteiger partial charge in [-0.15, -0.1) is 0 Å². The number of nitrogens with one attached hydrogen (secondary N) is 1. The van der Waals surface area contributed by atoms with Gasteiger partial charge >= 0.3 is 0 Å². The Bertz CT molecular complexity index is 479. The molecule has 1 aromatic carbocycles. The van der Waals surface area contributed by atoms with Gasteiger partial charge in [-0.3, -0.25) is 4.79 Å². The van der Waals surface area contributed by atoms with Crippen LogP contribution in [0, 0.1) is 5.92 Å². The van der Waals surface area contributed by atoms with E-state index in [1.165, 1.54) is 0 Å². The molecule has 0 saturated heterocycles. The van der Waals surface area contributed by atoms with Crippen molar-refractivity contribution in [3.63, 3.8) is 0 Å². The van der Waals surface area contributed by atoms with E-state index in [1.54, 1.807) is 18.2 Å². The first kappa shape index (κ1) is 15.6. The maximum absolute atomic E-state index is 11.9. The highest BCUT2D eigenvalue weighted by atomic mass is 35.5. The van der Waals surface area contributed by atoms with Gasteiger partial charge in [0.25, 0.3) is 0 Å². The molecule has 0 radical (unpaired) electrons. The van der Waals surface area contributed by atoms with Crippen LogP contribution in [0.15, 0.2) is 18.2 Å². The Morgan fingerprint density at radius 1 is 1.30 bits per heavy atom. The highest BCUT2D eigenvalue weighted by Gasteiger charge is 2.23. The summed E-state index contributed by atoms with van der Waals surface area (Å²) in [6.07, 6.45) is 3.96. The average Bonchev–Trinajstić information content (AvgIpc) is 2.41. The molecule has 5 heteroatoms. The largest absolute Gasteiger partial charge is 0.393 e. The zero-order chi connectivity index (χ0) is 14.5. The van der Waals surface area contributed by atoms with Gasteiger partial charge in [0.1, 0.15) is 0 Å². The number of rotatable bonds is 4. The fourth-order valence-electron chi connectivity index (χ4n) is 2.57. The first-order chi connectivity index (χ1) is 9.56. The zero-order valence-electron chi connectivity index (χ0n) is 11.2. The molecular weight excluding hydrogens is 297 g/mol. The molecule has 2 atom stereocenters. The minimum Gasteiger partial charge on any atom is -0.393 e. The van der Waals surface area contributed by atoms with Crippen LogP contribution in [0.2, 0.25) is 10.0 Å². The number of aliphatic hydroxyl groups excluding tert-OH is 1. The number of amides is 1. The standard InChI is InChI=1S/C15H19Cl2NO2/c16-12-6-5-10(13(17)8-12)7-15(20)18-9-11-3-1-2-4-14(11)19/h5-6,8,11,14,19H,1-4,7,9H2,(H,18,20). The molecule has 1 aliphatic carbocycles. The topological polar surface area (TPSA) is 49.3 Å². The number of benzene rings is 1. The molecule has 0 aliphatic heterocycles. The Kier molecular flexibility index (Phi) is 5.70. The lowest BCUT2D eigenvalue weighted by atomic mass is 9.86.